The van der Waals surface area contributed by atoms with Gasteiger partial charge in [-0.05, 0) is 24.6 Å². The number of nitrogens with one attached hydrogen (secondary N) is 1. The van der Waals surface area contributed by atoms with Crippen LogP contribution in [0.5, 0.6) is 5.75 Å². The highest BCUT2D eigenvalue weighted by Gasteiger charge is 2.11. The first-order valence-electron chi connectivity index (χ1n) is 6.92. The fourth-order valence-electron chi connectivity index (χ4n) is 1.90. The van der Waals surface area contributed by atoms with Crippen LogP contribution in [0.4, 0.5) is 5.82 Å². The van der Waals surface area contributed by atoms with E-state index < -0.39 is 0 Å². The minimum absolute atomic E-state index is 0.237. The van der Waals surface area contributed by atoms with E-state index in [0.29, 0.717) is 11.7 Å². The van der Waals surface area contributed by atoms with Gasteiger partial charge in [0.1, 0.15) is 22.5 Å². The quantitative estimate of drug-likeness (QED) is 0.842. The Balaban J connectivity index is 2.19. The molecule has 2 aromatic rings. The van der Waals surface area contributed by atoms with E-state index in [0.717, 1.165) is 28.5 Å². The average molecular weight is 306 g/mol. The number of halogens is 1. The van der Waals surface area contributed by atoms with Gasteiger partial charge in [-0.15, -0.1) is 0 Å². The molecule has 112 valence electrons. The lowest BCUT2D eigenvalue weighted by atomic mass is 10.2. The summed E-state index contributed by atoms with van der Waals surface area (Å²) in [5, 5.41) is 3.83. The first-order chi connectivity index (χ1) is 10.0. The molecule has 0 aliphatic heterocycles. The molecule has 2 rings (SSSR count). The first kappa shape index (κ1) is 15.6. The molecule has 4 nitrogen and oxygen atoms in total. The molecule has 1 aromatic carbocycles. The number of aromatic nitrogens is 2. The second-order valence-corrected chi connectivity index (χ2v) is 5.56. The van der Waals surface area contributed by atoms with Crippen molar-refractivity contribution in [2.45, 2.75) is 33.2 Å². The van der Waals surface area contributed by atoms with Crippen molar-refractivity contribution in [2.24, 2.45) is 0 Å². The monoisotopic (exact) mass is 305 g/mol. The number of hydrogen-bond acceptors (Lipinski definition) is 4. The van der Waals surface area contributed by atoms with Crippen LogP contribution in [0.2, 0.25) is 5.15 Å². The van der Waals surface area contributed by atoms with E-state index in [1.165, 1.54) is 0 Å². The lowest BCUT2D eigenvalue weighted by Gasteiger charge is -2.13. The van der Waals surface area contributed by atoms with Crippen molar-refractivity contribution in [2.75, 3.05) is 12.4 Å². The average Bonchev–Trinajstić information content (AvgIpc) is 2.48. The van der Waals surface area contributed by atoms with Crippen LogP contribution in [0.15, 0.2) is 24.3 Å². The molecule has 5 heteroatoms. The third kappa shape index (κ3) is 3.85. The Bertz CT molecular complexity index is 629. The molecule has 0 spiro atoms. The second-order valence-electron chi connectivity index (χ2n) is 5.21. The summed E-state index contributed by atoms with van der Waals surface area (Å²) in [6.45, 7) is 6.67. The fraction of sp³-hybridized carbons (Fsp3) is 0.375. The fourth-order valence-corrected chi connectivity index (χ4v) is 2.08. The Kier molecular flexibility index (Phi) is 5.02. The molecule has 0 aliphatic carbocycles. The summed E-state index contributed by atoms with van der Waals surface area (Å²) < 4.78 is 5.23. The van der Waals surface area contributed by atoms with E-state index in [1.54, 1.807) is 7.11 Å². The highest BCUT2D eigenvalue weighted by atomic mass is 35.5. The van der Waals surface area contributed by atoms with E-state index in [-0.39, 0.29) is 5.92 Å². The molecule has 1 N–H and O–H groups in total. The number of nitrogens with zero attached hydrogens (tertiary/aromatic N) is 2. The Morgan fingerprint density at radius 3 is 2.71 bits per heavy atom. The Labute approximate surface area is 130 Å². The van der Waals surface area contributed by atoms with Crippen LogP contribution in [0.1, 0.15) is 36.7 Å². The van der Waals surface area contributed by atoms with Crippen LogP contribution in [0.3, 0.4) is 0 Å². The summed E-state index contributed by atoms with van der Waals surface area (Å²) >= 11 is 6.18. The second kappa shape index (κ2) is 6.76. The number of anilines is 1. The van der Waals surface area contributed by atoms with Crippen molar-refractivity contribution in [3.05, 3.63) is 46.4 Å². The van der Waals surface area contributed by atoms with Crippen LogP contribution >= 0.6 is 11.6 Å². The van der Waals surface area contributed by atoms with Crippen molar-refractivity contribution < 1.29 is 4.74 Å². The maximum Gasteiger partial charge on any atom is 0.137 e. The molecular formula is C16H20ClN3O. The highest BCUT2D eigenvalue weighted by molar-refractivity contribution is 6.30. The number of methoxy groups -OCH3 is 1. The van der Waals surface area contributed by atoms with Crippen LogP contribution in [-0.4, -0.2) is 17.1 Å². The Morgan fingerprint density at radius 1 is 1.29 bits per heavy atom. The topological polar surface area (TPSA) is 47.0 Å². The molecule has 0 amide bonds. The molecule has 0 aliphatic rings. The van der Waals surface area contributed by atoms with Gasteiger partial charge in [-0.1, -0.05) is 37.6 Å². The van der Waals surface area contributed by atoms with E-state index in [4.69, 9.17) is 16.3 Å². The SMILES string of the molecule is COc1cccc(CNc2nc(C(C)C)nc(Cl)c2C)c1. The minimum atomic E-state index is 0.237. The zero-order valence-electron chi connectivity index (χ0n) is 12.8. The highest BCUT2D eigenvalue weighted by Crippen LogP contribution is 2.23. The van der Waals surface area contributed by atoms with Crippen molar-refractivity contribution in [3.63, 3.8) is 0 Å². The zero-order valence-corrected chi connectivity index (χ0v) is 13.5. The van der Waals surface area contributed by atoms with Crippen molar-refractivity contribution in [3.8, 4) is 5.75 Å². The third-order valence-corrected chi connectivity index (χ3v) is 3.58. The van der Waals surface area contributed by atoms with Gasteiger partial charge in [-0.3, -0.25) is 0 Å². The summed E-state index contributed by atoms with van der Waals surface area (Å²) in [5.41, 5.74) is 1.98. The molecule has 0 atom stereocenters. The van der Waals surface area contributed by atoms with Crippen LogP contribution < -0.4 is 10.1 Å². The van der Waals surface area contributed by atoms with Crippen molar-refractivity contribution in [1.29, 1.82) is 0 Å². The number of benzene rings is 1. The van der Waals surface area contributed by atoms with Crippen molar-refractivity contribution >= 4 is 17.4 Å². The first-order valence-corrected chi connectivity index (χ1v) is 7.30. The number of ether oxygens (including phenoxy) is 1. The molecular weight excluding hydrogens is 286 g/mol. The number of rotatable bonds is 5. The summed E-state index contributed by atoms with van der Waals surface area (Å²) in [6, 6.07) is 7.92. The van der Waals surface area contributed by atoms with Gasteiger partial charge in [0.25, 0.3) is 0 Å². The van der Waals surface area contributed by atoms with Gasteiger partial charge >= 0.3 is 0 Å². The van der Waals surface area contributed by atoms with E-state index in [1.807, 2.05) is 45.0 Å². The molecule has 0 unspecified atom stereocenters. The van der Waals surface area contributed by atoms with Crippen LogP contribution in [-0.2, 0) is 6.54 Å². The van der Waals surface area contributed by atoms with Gasteiger partial charge in [-0.2, -0.15) is 0 Å². The molecule has 0 saturated carbocycles. The molecule has 0 saturated heterocycles. The molecule has 1 aromatic heterocycles. The Morgan fingerprint density at radius 2 is 2.05 bits per heavy atom. The molecule has 0 fully saturated rings. The summed E-state index contributed by atoms with van der Waals surface area (Å²) in [4.78, 5) is 8.86. The smallest absolute Gasteiger partial charge is 0.137 e. The molecule has 0 radical (unpaired) electrons. The van der Waals surface area contributed by atoms with E-state index in [9.17, 15) is 0 Å². The summed E-state index contributed by atoms with van der Waals surface area (Å²) in [6.07, 6.45) is 0. The van der Waals surface area contributed by atoms with Gasteiger partial charge in [0, 0.05) is 18.0 Å². The maximum absolute atomic E-state index is 6.18. The minimum Gasteiger partial charge on any atom is -0.497 e. The Hall–Kier alpha value is -1.81. The summed E-state index contributed by atoms with van der Waals surface area (Å²) in [7, 11) is 1.66. The van der Waals surface area contributed by atoms with Crippen LogP contribution in [0, 0.1) is 6.92 Å². The lowest BCUT2D eigenvalue weighted by Crippen LogP contribution is -2.08. The normalized spacial score (nSPS) is 10.8. The van der Waals surface area contributed by atoms with Crippen LogP contribution in [0.25, 0.3) is 0 Å². The predicted molar refractivity (Wildman–Crippen MR) is 86.2 cm³/mol. The molecule has 0 bridgehead atoms. The van der Waals surface area contributed by atoms with E-state index >= 15 is 0 Å². The lowest BCUT2D eigenvalue weighted by molar-refractivity contribution is 0.414. The predicted octanol–water partition coefficient (Wildman–Crippen LogP) is 4.18. The van der Waals surface area contributed by atoms with Gasteiger partial charge in [0.2, 0.25) is 0 Å². The third-order valence-electron chi connectivity index (χ3n) is 3.21. The van der Waals surface area contributed by atoms with Gasteiger partial charge in [-0.25, -0.2) is 9.97 Å². The van der Waals surface area contributed by atoms with Gasteiger partial charge in [0.15, 0.2) is 0 Å². The maximum atomic E-state index is 6.18. The zero-order chi connectivity index (χ0) is 15.4. The van der Waals surface area contributed by atoms with Gasteiger partial charge in [0.05, 0.1) is 7.11 Å². The van der Waals surface area contributed by atoms with Gasteiger partial charge < -0.3 is 10.1 Å². The molecule has 21 heavy (non-hydrogen) atoms. The van der Waals surface area contributed by atoms with E-state index in [2.05, 4.69) is 15.3 Å². The van der Waals surface area contributed by atoms with Crippen molar-refractivity contribution in [1.82, 2.24) is 9.97 Å². The number of hydrogen-bond donors (Lipinski definition) is 1. The largest absolute Gasteiger partial charge is 0.497 e. The molecule has 1 heterocycles. The summed E-state index contributed by atoms with van der Waals surface area (Å²) in [5.74, 6) is 2.61. The standard InChI is InChI=1S/C16H20ClN3O/c1-10(2)15-19-14(17)11(3)16(20-15)18-9-12-6-5-7-13(8-12)21-4/h5-8,10H,9H2,1-4H3,(H,18,19,20).